The van der Waals surface area contributed by atoms with Crippen LogP contribution in [0.15, 0.2) is 21.9 Å². The molecule has 1 aromatic rings. The van der Waals surface area contributed by atoms with Gasteiger partial charge < -0.3 is 20.5 Å². The van der Waals surface area contributed by atoms with Gasteiger partial charge in [-0.15, -0.1) is 0 Å². The number of hydrogen-bond acceptors (Lipinski definition) is 6. The van der Waals surface area contributed by atoms with Gasteiger partial charge in [-0.05, 0) is 6.92 Å². The lowest BCUT2D eigenvalue weighted by Gasteiger charge is -2.16. The number of carbonyl (C=O) groups excluding carboxylic acids is 1. The average molecular weight is 298 g/mol. The predicted octanol–water partition coefficient (Wildman–Crippen LogP) is -1.10. The number of carbonyl (C=O) groups is 1. The lowest BCUT2D eigenvalue weighted by Crippen LogP contribution is -2.41. The van der Waals surface area contributed by atoms with Crippen LogP contribution in [0.1, 0.15) is 19.6 Å². The van der Waals surface area contributed by atoms with Gasteiger partial charge in [-0.25, -0.2) is 9.59 Å². The minimum absolute atomic E-state index is 0.189. The molecule has 0 saturated carbocycles. The molecule has 1 aliphatic heterocycles. The first kappa shape index (κ1) is 15.3. The van der Waals surface area contributed by atoms with E-state index in [4.69, 9.17) is 15.2 Å². The Morgan fingerprint density at radius 2 is 2.38 bits per heavy atom. The molecule has 0 aromatic carbocycles. The maximum atomic E-state index is 11.7. The second kappa shape index (κ2) is 6.55. The van der Waals surface area contributed by atoms with E-state index >= 15 is 0 Å². The maximum Gasteiger partial charge on any atom is 0.407 e. The average Bonchev–Trinajstić information content (AvgIpc) is 2.78. The van der Waals surface area contributed by atoms with Gasteiger partial charge in [0.15, 0.2) is 0 Å². The van der Waals surface area contributed by atoms with Crippen LogP contribution in [0, 0.1) is 0 Å². The Morgan fingerprint density at radius 3 is 3.05 bits per heavy atom. The number of alkyl carbamates (subject to hydrolysis) is 1. The van der Waals surface area contributed by atoms with E-state index in [1.54, 1.807) is 6.92 Å². The van der Waals surface area contributed by atoms with Gasteiger partial charge in [0.05, 0.1) is 12.7 Å². The Labute approximate surface area is 120 Å². The van der Waals surface area contributed by atoms with E-state index in [0.717, 1.165) is 0 Å². The van der Waals surface area contributed by atoms with Gasteiger partial charge in [-0.1, -0.05) is 0 Å². The van der Waals surface area contributed by atoms with Gasteiger partial charge in [-0.3, -0.25) is 14.3 Å². The van der Waals surface area contributed by atoms with Crippen LogP contribution >= 0.6 is 0 Å². The first-order valence-electron chi connectivity index (χ1n) is 6.64. The molecule has 2 rings (SSSR count). The minimum atomic E-state index is -0.571. The molecule has 9 nitrogen and oxygen atoms in total. The normalized spacial score (nSPS) is 24.8. The van der Waals surface area contributed by atoms with Crippen molar-refractivity contribution in [3.05, 3.63) is 33.1 Å². The van der Waals surface area contributed by atoms with E-state index in [0.29, 0.717) is 6.42 Å². The third kappa shape index (κ3) is 3.70. The highest BCUT2D eigenvalue weighted by atomic mass is 16.5. The Hall–Kier alpha value is -2.13. The fraction of sp³-hybridized carbons (Fsp3) is 0.583. The summed E-state index contributed by atoms with van der Waals surface area (Å²) < 4.78 is 11.7. The quantitative estimate of drug-likeness (QED) is 0.647. The molecule has 0 unspecified atom stereocenters. The third-order valence-corrected chi connectivity index (χ3v) is 3.17. The van der Waals surface area contributed by atoms with Crippen LogP contribution in [0.25, 0.3) is 0 Å². The molecule has 3 atom stereocenters. The predicted molar refractivity (Wildman–Crippen MR) is 72.8 cm³/mol. The van der Waals surface area contributed by atoms with E-state index in [1.165, 1.54) is 16.8 Å². The van der Waals surface area contributed by atoms with Crippen LogP contribution in [-0.2, 0) is 9.47 Å². The van der Waals surface area contributed by atoms with Crippen LogP contribution in [-0.4, -0.2) is 40.9 Å². The van der Waals surface area contributed by atoms with E-state index < -0.39 is 29.7 Å². The summed E-state index contributed by atoms with van der Waals surface area (Å²) in [7, 11) is 0. The van der Waals surface area contributed by atoms with Crippen molar-refractivity contribution in [1.82, 2.24) is 14.9 Å². The summed E-state index contributed by atoms with van der Waals surface area (Å²) in [5, 5.41) is 2.54. The van der Waals surface area contributed by atoms with Gasteiger partial charge in [-0.2, -0.15) is 0 Å². The third-order valence-electron chi connectivity index (χ3n) is 3.17. The summed E-state index contributed by atoms with van der Waals surface area (Å²) in [5.41, 5.74) is 4.91. The van der Waals surface area contributed by atoms with Crippen molar-refractivity contribution in [3.63, 3.8) is 0 Å². The van der Waals surface area contributed by atoms with Crippen molar-refractivity contribution in [2.45, 2.75) is 31.7 Å². The number of H-pyrrole nitrogens is 1. The zero-order valence-corrected chi connectivity index (χ0v) is 11.6. The summed E-state index contributed by atoms with van der Waals surface area (Å²) in [6.45, 7) is 2.17. The summed E-state index contributed by atoms with van der Waals surface area (Å²) in [6.07, 6.45) is 0.218. The van der Waals surface area contributed by atoms with Crippen LogP contribution in [0.2, 0.25) is 0 Å². The molecule has 1 amide bonds. The molecule has 4 N–H and O–H groups in total. The highest BCUT2D eigenvalue weighted by Gasteiger charge is 2.34. The van der Waals surface area contributed by atoms with Gasteiger partial charge in [0.25, 0.3) is 5.56 Å². The summed E-state index contributed by atoms with van der Waals surface area (Å²) in [5.74, 6) is 0. The number of aromatic amines is 1. The van der Waals surface area contributed by atoms with Crippen molar-refractivity contribution >= 4 is 6.09 Å². The molecule has 1 fully saturated rings. The highest BCUT2D eigenvalue weighted by molar-refractivity contribution is 5.67. The molecule has 9 heteroatoms. The monoisotopic (exact) mass is 298 g/mol. The van der Waals surface area contributed by atoms with Crippen LogP contribution in [0.3, 0.4) is 0 Å². The maximum absolute atomic E-state index is 11.7. The standard InChI is InChI=1S/C12H18N4O5/c1-2-20-12(19)14-6-8-7(13)5-10(21-8)16-4-3-9(17)15-11(16)18/h3-4,7-8,10H,2,5-6,13H2,1H3,(H,14,19)(H,15,17,18)/t7-,8+,10+/m0/s1. The van der Waals surface area contributed by atoms with E-state index in [-0.39, 0.29) is 19.2 Å². The van der Waals surface area contributed by atoms with Gasteiger partial charge >= 0.3 is 11.8 Å². The van der Waals surface area contributed by atoms with Crippen molar-refractivity contribution < 1.29 is 14.3 Å². The molecule has 0 radical (unpaired) electrons. The number of nitrogens with zero attached hydrogens (tertiary/aromatic N) is 1. The Balaban J connectivity index is 1.99. The Kier molecular flexibility index (Phi) is 4.76. The lowest BCUT2D eigenvalue weighted by molar-refractivity contribution is -0.00208. The number of nitrogens with two attached hydrogens (primary N) is 1. The van der Waals surface area contributed by atoms with Gasteiger partial charge in [0.1, 0.15) is 6.23 Å². The SMILES string of the molecule is CCOC(=O)NC[C@H]1O[C@@H](n2ccc(=O)[nH]c2=O)C[C@@H]1N. The molecule has 1 aromatic heterocycles. The van der Waals surface area contributed by atoms with Crippen LogP contribution < -0.4 is 22.3 Å². The first-order valence-corrected chi connectivity index (χ1v) is 6.64. The molecule has 2 heterocycles. The summed E-state index contributed by atoms with van der Waals surface area (Å²) >= 11 is 0. The topological polar surface area (TPSA) is 128 Å². The number of hydrogen-bond donors (Lipinski definition) is 3. The first-order chi connectivity index (χ1) is 10.0. The van der Waals surface area contributed by atoms with E-state index in [2.05, 4.69) is 10.3 Å². The lowest BCUT2D eigenvalue weighted by atomic mass is 10.1. The molecular formula is C12H18N4O5. The number of amides is 1. The largest absolute Gasteiger partial charge is 0.450 e. The van der Waals surface area contributed by atoms with E-state index in [1.807, 2.05) is 0 Å². The van der Waals surface area contributed by atoms with Crippen molar-refractivity contribution in [2.75, 3.05) is 13.2 Å². The Morgan fingerprint density at radius 1 is 1.62 bits per heavy atom. The van der Waals surface area contributed by atoms with Crippen LogP contribution in [0.5, 0.6) is 0 Å². The fourth-order valence-electron chi connectivity index (χ4n) is 2.14. The number of aromatic nitrogens is 2. The molecular weight excluding hydrogens is 280 g/mol. The molecule has 0 bridgehead atoms. The number of rotatable bonds is 4. The zero-order valence-electron chi connectivity index (χ0n) is 11.6. The number of nitrogens with one attached hydrogen (secondary N) is 2. The zero-order chi connectivity index (χ0) is 15.4. The summed E-state index contributed by atoms with van der Waals surface area (Å²) in [6, 6.07) is 0.899. The van der Waals surface area contributed by atoms with Gasteiger partial charge in [0.2, 0.25) is 0 Å². The smallest absolute Gasteiger partial charge is 0.407 e. The van der Waals surface area contributed by atoms with Gasteiger partial charge in [0, 0.05) is 31.3 Å². The van der Waals surface area contributed by atoms with Crippen LogP contribution in [0.4, 0.5) is 4.79 Å². The minimum Gasteiger partial charge on any atom is -0.450 e. The second-order valence-corrected chi connectivity index (χ2v) is 4.65. The molecule has 116 valence electrons. The number of ether oxygens (including phenoxy) is 2. The summed E-state index contributed by atoms with van der Waals surface area (Å²) in [4.78, 5) is 36.1. The molecule has 21 heavy (non-hydrogen) atoms. The molecule has 0 spiro atoms. The molecule has 0 aliphatic carbocycles. The fourth-order valence-corrected chi connectivity index (χ4v) is 2.14. The van der Waals surface area contributed by atoms with E-state index in [9.17, 15) is 14.4 Å². The molecule has 1 saturated heterocycles. The van der Waals surface area contributed by atoms with Crippen molar-refractivity contribution in [2.24, 2.45) is 5.73 Å². The second-order valence-electron chi connectivity index (χ2n) is 4.65. The van der Waals surface area contributed by atoms with Crippen molar-refractivity contribution in [1.29, 1.82) is 0 Å². The Bertz CT molecular complexity index is 610. The molecule has 1 aliphatic rings. The van der Waals surface area contributed by atoms with Crippen molar-refractivity contribution in [3.8, 4) is 0 Å². The highest BCUT2D eigenvalue weighted by Crippen LogP contribution is 2.25.